The van der Waals surface area contributed by atoms with E-state index in [-0.39, 0.29) is 12.6 Å². The van der Waals surface area contributed by atoms with Crippen LogP contribution in [0, 0.1) is 6.92 Å². The first-order chi connectivity index (χ1) is 13.6. The van der Waals surface area contributed by atoms with Crippen LogP contribution in [0.1, 0.15) is 21.5 Å². The van der Waals surface area contributed by atoms with Crippen molar-refractivity contribution in [1.29, 1.82) is 0 Å². The van der Waals surface area contributed by atoms with Gasteiger partial charge in [0.25, 0.3) is 0 Å². The Labute approximate surface area is 164 Å². The number of aryl methyl sites for hydroxylation is 1. The van der Waals surface area contributed by atoms with E-state index in [2.05, 4.69) is 25.1 Å². The number of carbonyl (C=O) groups is 1. The summed E-state index contributed by atoms with van der Waals surface area (Å²) in [7, 11) is 0. The largest absolute Gasteiger partial charge is 0.457 e. The van der Waals surface area contributed by atoms with E-state index in [0.717, 1.165) is 33.3 Å². The van der Waals surface area contributed by atoms with Gasteiger partial charge in [0.15, 0.2) is 0 Å². The first kappa shape index (κ1) is 17.8. The van der Waals surface area contributed by atoms with Crippen molar-refractivity contribution >= 4 is 22.4 Å². The van der Waals surface area contributed by atoms with Crippen molar-refractivity contribution in [3.8, 4) is 11.1 Å². The molecule has 0 aromatic heterocycles. The van der Waals surface area contributed by atoms with Crippen LogP contribution >= 0.6 is 0 Å². The van der Waals surface area contributed by atoms with Crippen LogP contribution in [-0.2, 0) is 11.3 Å². The molecule has 0 saturated carbocycles. The number of hydrogen-bond acceptors (Lipinski definition) is 3. The first-order valence-corrected chi connectivity index (χ1v) is 9.21. The van der Waals surface area contributed by atoms with Crippen molar-refractivity contribution in [2.45, 2.75) is 13.5 Å². The summed E-state index contributed by atoms with van der Waals surface area (Å²) in [6.07, 6.45) is 0. The smallest absolute Gasteiger partial charge is 0.338 e. The Hall–Kier alpha value is -3.59. The maximum atomic E-state index is 12.3. The summed E-state index contributed by atoms with van der Waals surface area (Å²) in [6.45, 7) is 2.33. The van der Waals surface area contributed by atoms with Gasteiger partial charge in [-0.05, 0) is 70.3 Å². The zero-order chi connectivity index (χ0) is 19.5. The molecular formula is C25H21NO2. The van der Waals surface area contributed by atoms with Crippen LogP contribution in [-0.4, -0.2) is 5.97 Å². The third kappa shape index (κ3) is 3.74. The Balaban J connectivity index is 1.53. The molecule has 0 amide bonds. The predicted molar refractivity (Wildman–Crippen MR) is 114 cm³/mol. The molecule has 4 rings (SSSR count). The highest BCUT2D eigenvalue weighted by Gasteiger charge is 2.09. The summed E-state index contributed by atoms with van der Waals surface area (Å²) in [6, 6.07) is 27.5. The van der Waals surface area contributed by atoms with Gasteiger partial charge < -0.3 is 10.5 Å². The fraction of sp³-hybridized carbons (Fsp3) is 0.0800. The van der Waals surface area contributed by atoms with Gasteiger partial charge >= 0.3 is 5.97 Å². The maximum absolute atomic E-state index is 12.3. The molecule has 3 heteroatoms. The van der Waals surface area contributed by atoms with Crippen LogP contribution in [0.2, 0.25) is 0 Å². The summed E-state index contributed by atoms with van der Waals surface area (Å²) >= 11 is 0. The average molecular weight is 367 g/mol. The lowest BCUT2D eigenvalue weighted by Gasteiger charge is -2.09. The summed E-state index contributed by atoms with van der Waals surface area (Å²) in [5, 5.41) is 2.31. The SMILES string of the molecule is Cc1cc(N)cc2cc(-c3ccc(C(=O)OCc4ccccc4)cc3)ccc12. The zero-order valence-electron chi connectivity index (χ0n) is 15.7. The van der Waals surface area contributed by atoms with Gasteiger partial charge in [0.05, 0.1) is 5.56 Å². The second kappa shape index (κ2) is 7.57. The highest BCUT2D eigenvalue weighted by Crippen LogP contribution is 2.28. The van der Waals surface area contributed by atoms with Crippen molar-refractivity contribution in [3.05, 3.63) is 102 Å². The Bertz CT molecular complexity index is 1130. The van der Waals surface area contributed by atoms with Crippen molar-refractivity contribution in [3.63, 3.8) is 0 Å². The van der Waals surface area contributed by atoms with E-state index in [1.165, 1.54) is 5.39 Å². The molecule has 0 fully saturated rings. The number of anilines is 1. The predicted octanol–water partition coefficient (Wildman–Crippen LogP) is 5.75. The van der Waals surface area contributed by atoms with Gasteiger partial charge in [-0.2, -0.15) is 0 Å². The van der Waals surface area contributed by atoms with E-state index < -0.39 is 0 Å². The molecule has 4 aromatic carbocycles. The Morgan fingerprint density at radius 1 is 0.857 bits per heavy atom. The van der Waals surface area contributed by atoms with E-state index in [0.29, 0.717) is 5.56 Å². The minimum atomic E-state index is -0.322. The summed E-state index contributed by atoms with van der Waals surface area (Å²) in [4.78, 5) is 12.3. The lowest BCUT2D eigenvalue weighted by molar-refractivity contribution is 0.0473. The molecule has 0 saturated heterocycles. The Morgan fingerprint density at radius 3 is 2.32 bits per heavy atom. The third-order valence-electron chi connectivity index (χ3n) is 4.85. The van der Waals surface area contributed by atoms with Gasteiger partial charge in [0.1, 0.15) is 6.61 Å². The van der Waals surface area contributed by atoms with Gasteiger partial charge in [0, 0.05) is 5.69 Å². The van der Waals surface area contributed by atoms with E-state index in [1.54, 1.807) is 12.1 Å². The summed E-state index contributed by atoms with van der Waals surface area (Å²) in [5.41, 5.74) is 11.6. The normalized spacial score (nSPS) is 10.8. The lowest BCUT2D eigenvalue weighted by atomic mass is 9.98. The van der Waals surface area contributed by atoms with Gasteiger partial charge in [-0.25, -0.2) is 4.79 Å². The number of ether oxygens (including phenoxy) is 1. The van der Waals surface area contributed by atoms with Crippen molar-refractivity contribution in [2.75, 3.05) is 5.73 Å². The minimum Gasteiger partial charge on any atom is -0.457 e. The lowest BCUT2D eigenvalue weighted by Crippen LogP contribution is -2.05. The molecule has 0 aliphatic heterocycles. The number of benzene rings is 4. The molecule has 0 heterocycles. The molecule has 0 bridgehead atoms. The first-order valence-electron chi connectivity index (χ1n) is 9.21. The molecule has 138 valence electrons. The van der Waals surface area contributed by atoms with Crippen LogP contribution in [0.4, 0.5) is 5.69 Å². The van der Waals surface area contributed by atoms with E-state index in [9.17, 15) is 4.79 Å². The second-order valence-corrected chi connectivity index (χ2v) is 6.91. The van der Waals surface area contributed by atoms with Crippen molar-refractivity contribution in [1.82, 2.24) is 0 Å². The number of nitrogen functional groups attached to an aromatic ring is 1. The molecular weight excluding hydrogens is 346 g/mol. The van der Waals surface area contributed by atoms with Gasteiger partial charge in [-0.1, -0.05) is 54.6 Å². The molecule has 0 atom stereocenters. The zero-order valence-corrected chi connectivity index (χ0v) is 15.7. The number of hydrogen-bond donors (Lipinski definition) is 1. The van der Waals surface area contributed by atoms with Crippen molar-refractivity contribution in [2.24, 2.45) is 0 Å². The molecule has 0 unspecified atom stereocenters. The number of fused-ring (bicyclic) bond motifs is 1. The monoisotopic (exact) mass is 367 g/mol. The molecule has 3 nitrogen and oxygen atoms in total. The molecule has 4 aromatic rings. The van der Waals surface area contributed by atoms with Crippen LogP contribution < -0.4 is 5.73 Å². The molecule has 0 radical (unpaired) electrons. The summed E-state index contributed by atoms with van der Waals surface area (Å²) in [5.74, 6) is -0.322. The van der Waals surface area contributed by atoms with Gasteiger partial charge in [-0.3, -0.25) is 0 Å². The Morgan fingerprint density at radius 2 is 1.57 bits per heavy atom. The van der Waals surface area contributed by atoms with Crippen LogP contribution in [0.3, 0.4) is 0 Å². The third-order valence-corrected chi connectivity index (χ3v) is 4.85. The van der Waals surface area contributed by atoms with Crippen LogP contribution in [0.15, 0.2) is 84.9 Å². The fourth-order valence-electron chi connectivity index (χ4n) is 3.38. The summed E-state index contributed by atoms with van der Waals surface area (Å²) < 4.78 is 5.39. The molecule has 0 spiro atoms. The van der Waals surface area contributed by atoms with Crippen molar-refractivity contribution < 1.29 is 9.53 Å². The molecule has 0 aliphatic rings. The van der Waals surface area contributed by atoms with Crippen LogP contribution in [0.25, 0.3) is 21.9 Å². The standard InChI is InChI=1S/C25H21NO2/c1-17-13-23(26)15-22-14-21(11-12-24(17)22)19-7-9-20(10-8-19)25(27)28-16-18-5-3-2-4-6-18/h2-15H,16,26H2,1H3. The number of nitrogens with two attached hydrogens (primary N) is 1. The average Bonchev–Trinajstić information content (AvgIpc) is 2.72. The minimum absolute atomic E-state index is 0.271. The van der Waals surface area contributed by atoms with E-state index >= 15 is 0 Å². The van der Waals surface area contributed by atoms with E-state index in [4.69, 9.17) is 10.5 Å². The van der Waals surface area contributed by atoms with Crippen LogP contribution in [0.5, 0.6) is 0 Å². The fourth-order valence-corrected chi connectivity index (χ4v) is 3.38. The van der Waals surface area contributed by atoms with Gasteiger partial charge in [-0.15, -0.1) is 0 Å². The van der Waals surface area contributed by atoms with E-state index in [1.807, 2.05) is 54.6 Å². The van der Waals surface area contributed by atoms with Gasteiger partial charge in [0.2, 0.25) is 0 Å². The highest BCUT2D eigenvalue weighted by molar-refractivity contribution is 5.93. The number of esters is 1. The molecule has 2 N–H and O–H groups in total. The topological polar surface area (TPSA) is 52.3 Å². The second-order valence-electron chi connectivity index (χ2n) is 6.91. The molecule has 0 aliphatic carbocycles. The Kier molecular flexibility index (Phi) is 4.81. The maximum Gasteiger partial charge on any atom is 0.338 e. The number of carbonyl (C=O) groups excluding carboxylic acids is 1. The number of rotatable bonds is 4. The highest BCUT2D eigenvalue weighted by atomic mass is 16.5. The molecule has 28 heavy (non-hydrogen) atoms. The quantitative estimate of drug-likeness (QED) is 0.369.